The molecule has 0 amide bonds. The molecule has 0 heterocycles. The van der Waals surface area contributed by atoms with E-state index in [2.05, 4.69) is 0 Å². The quantitative estimate of drug-likeness (QED) is 0.770. The number of aromatic hydroxyl groups is 2. The zero-order valence-corrected chi connectivity index (χ0v) is 9.60. The Labute approximate surface area is 94.5 Å². The van der Waals surface area contributed by atoms with Gasteiger partial charge in [0.2, 0.25) is 0 Å². The zero-order valence-electron chi connectivity index (χ0n) is 9.60. The molecule has 0 bridgehead atoms. The van der Waals surface area contributed by atoms with Crippen LogP contribution < -0.4 is 0 Å². The summed E-state index contributed by atoms with van der Waals surface area (Å²) in [7, 11) is 1.54. The van der Waals surface area contributed by atoms with E-state index >= 15 is 0 Å². The van der Waals surface area contributed by atoms with E-state index in [0.717, 1.165) is 0 Å². The molecule has 0 spiro atoms. The van der Waals surface area contributed by atoms with E-state index in [-0.39, 0.29) is 29.1 Å². The van der Waals surface area contributed by atoms with Crippen LogP contribution in [-0.4, -0.2) is 23.6 Å². The minimum atomic E-state index is -0.306. The third kappa shape index (κ3) is 2.17. The summed E-state index contributed by atoms with van der Waals surface area (Å²) in [6.45, 7) is 3.89. The molecule has 4 heteroatoms. The van der Waals surface area contributed by atoms with Gasteiger partial charge in [0.15, 0.2) is 6.29 Å². The monoisotopic (exact) mass is 224 g/mol. The summed E-state index contributed by atoms with van der Waals surface area (Å²) in [6.07, 6.45) is 0.126. The summed E-state index contributed by atoms with van der Waals surface area (Å²) in [5, 5.41) is 19.2. The van der Waals surface area contributed by atoms with Crippen LogP contribution >= 0.6 is 0 Å². The average Bonchev–Trinajstić information content (AvgIpc) is 2.22. The summed E-state index contributed by atoms with van der Waals surface area (Å²) in [5.74, 6) is -0.287. The van der Waals surface area contributed by atoms with Crippen molar-refractivity contribution in [2.75, 3.05) is 7.11 Å². The molecule has 0 aromatic heterocycles. The molecule has 16 heavy (non-hydrogen) atoms. The second-order valence-electron chi connectivity index (χ2n) is 3.95. The Kier molecular flexibility index (Phi) is 3.90. The van der Waals surface area contributed by atoms with Crippen LogP contribution in [0.3, 0.4) is 0 Å². The molecule has 4 nitrogen and oxygen atoms in total. The molecule has 1 rings (SSSR count). The van der Waals surface area contributed by atoms with Crippen LogP contribution in [0, 0.1) is 5.92 Å². The van der Waals surface area contributed by atoms with E-state index < -0.39 is 0 Å². The van der Waals surface area contributed by atoms with Crippen molar-refractivity contribution in [2.45, 2.75) is 20.0 Å². The molecule has 0 saturated carbocycles. The molecule has 0 radical (unpaired) electrons. The summed E-state index contributed by atoms with van der Waals surface area (Å²) in [5.41, 5.74) is 0.414. The van der Waals surface area contributed by atoms with E-state index in [9.17, 15) is 15.0 Å². The lowest BCUT2D eigenvalue weighted by atomic mass is 9.96. The molecule has 1 aromatic carbocycles. The molecule has 2 N–H and O–H groups in total. The van der Waals surface area contributed by atoms with Gasteiger partial charge >= 0.3 is 0 Å². The van der Waals surface area contributed by atoms with Crippen molar-refractivity contribution in [3.63, 3.8) is 0 Å². The predicted molar refractivity (Wildman–Crippen MR) is 59.7 cm³/mol. The van der Waals surface area contributed by atoms with Crippen LogP contribution in [0.15, 0.2) is 12.1 Å². The lowest BCUT2D eigenvalue weighted by molar-refractivity contribution is 0.0625. The fourth-order valence-electron chi connectivity index (χ4n) is 1.72. The van der Waals surface area contributed by atoms with Gasteiger partial charge in [-0.15, -0.1) is 0 Å². The molecular formula is C12H16O4. The summed E-state index contributed by atoms with van der Waals surface area (Å²) >= 11 is 0. The summed E-state index contributed by atoms with van der Waals surface area (Å²) in [4.78, 5) is 10.7. The van der Waals surface area contributed by atoms with Crippen LogP contribution in [0.5, 0.6) is 11.5 Å². The van der Waals surface area contributed by atoms with Crippen molar-refractivity contribution in [1.29, 1.82) is 0 Å². The Hall–Kier alpha value is -1.55. The molecule has 1 unspecified atom stereocenters. The van der Waals surface area contributed by atoms with Crippen molar-refractivity contribution in [2.24, 2.45) is 5.92 Å². The SMILES string of the molecule is COC(c1ccc(O)c(C=O)c1O)C(C)C. The molecule has 0 saturated heterocycles. The maximum absolute atomic E-state index is 10.7. The minimum absolute atomic E-state index is 0.0970. The highest BCUT2D eigenvalue weighted by atomic mass is 16.5. The van der Waals surface area contributed by atoms with Crippen molar-refractivity contribution in [3.8, 4) is 11.5 Å². The van der Waals surface area contributed by atoms with Gasteiger partial charge in [0.1, 0.15) is 11.5 Å². The predicted octanol–water partition coefficient (Wildman–Crippen LogP) is 2.25. The number of phenols is 2. The van der Waals surface area contributed by atoms with Crippen molar-refractivity contribution >= 4 is 6.29 Å². The maximum atomic E-state index is 10.7. The van der Waals surface area contributed by atoms with Gasteiger partial charge in [-0.05, 0) is 18.1 Å². The van der Waals surface area contributed by atoms with Crippen molar-refractivity contribution < 1.29 is 19.7 Å². The van der Waals surface area contributed by atoms with E-state index in [4.69, 9.17) is 4.74 Å². The van der Waals surface area contributed by atoms with Crippen LogP contribution in [0.2, 0.25) is 0 Å². The molecular weight excluding hydrogens is 208 g/mol. The highest BCUT2D eigenvalue weighted by Crippen LogP contribution is 2.36. The second-order valence-corrected chi connectivity index (χ2v) is 3.95. The lowest BCUT2D eigenvalue weighted by Gasteiger charge is -2.21. The van der Waals surface area contributed by atoms with Crippen molar-refractivity contribution in [3.05, 3.63) is 23.3 Å². The lowest BCUT2D eigenvalue weighted by Crippen LogP contribution is -2.09. The number of benzene rings is 1. The number of carbonyl (C=O) groups is 1. The number of aldehydes is 1. The molecule has 0 fully saturated rings. The Morgan fingerprint density at radius 3 is 2.38 bits per heavy atom. The van der Waals surface area contributed by atoms with E-state index in [1.54, 1.807) is 6.07 Å². The smallest absolute Gasteiger partial charge is 0.157 e. The fraction of sp³-hybridized carbons (Fsp3) is 0.417. The van der Waals surface area contributed by atoms with Crippen LogP contribution in [-0.2, 0) is 4.74 Å². The first-order chi connectivity index (χ1) is 7.52. The maximum Gasteiger partial charge on any atom is 0.157 e. The molecule has 0 aliphatic carbocycles. The molecule has 0 aliphatic rings. The highest BCUT2D eigenvalue weighted by molar-refractivity contribution is 5.84. The highest BCUT2D eigenvalue weighted by Gasteiger charge is 2.21. The number of rotatable bonds is 4. The van der Waals surface area contributed by atoms with Crippen molar-refractivity contribution in [1.82, 2.24) is 0 Å². The fourth-order valence-corrected chi connectivity index (χ4v) is 1.72. The normalized spacial score (nSPS) is 12.8. The second kappa shape index (κ2) is 4.99. The first-order valence-corrected chi connectivity index (χ1v) is 5.05. The third-order valence-electron chi connectivity index (χ3n) is 2.51. The minimum Gasteiger partial charge on any atom is -0.507 e. The average molecular weight is 224 g/mol. The Morgan fingerprint density at radius 1 is 1.31 bits per heavy atom. The largest absolute Gasteiger partial charge is 0.507 e. The van der Waals surface area contributed by atoms with E-state index in [1.807, 2.05) is 13.8 Å². The number of hydrogen-bond acceptors (Lipinski definition) is 4. The third-order valence-corrected chi connectivity index (χ3v) is 2.51. The number of methoxy groups -OCH3 is 1. The number of hydrogen-bond donors (Lipinski definition) is 2. The van der Waals surface area contributed by atoms with Gasteiger partial charge in [-0.1, -0.05) is 13.8 Å². The van der Waals surface area contributed by atoms with Crippen LogP contribution in [0.4, 0.5) is 0 Å². The van der Waals surface area contributed by atoms with E-state index in [1.165, 1.54) is 13.2 Å². The van der Waals surface area contributed by atoms with Crippen LogP contribution in [0.1, 0.15) is 35.9 Å². The van der Waals surface area contributed by atoms with Gasteiger partial charge in [0.05, 0.1) is 11.7 Å². The first-order valence-electron chi connectivity index (χ1n) is 5.05. The number of ether oxygens (including phenoxy) is 1. The standard InChI is InChI=1S/C12H16O4/c1-7(2)12(16-3)8-4-5-10(14)9(6-13)11(8)15/h4-7,12,14-15H,1-3H3. The molecule has 88 valence electrons. The first kappa shape index (κ1) is 12.5. The van der Waals surface area contributed by atoms with Gasteiger partial charge < -0.3 is 14.9 Å². The Bertz CT molecular complexity index is 385. The molecule has 0 aliphatic heterocycles. The molecule has 1 atom stereocenters. The summed E-state index contributed by atoms with van der Waals surface area (Å²) < 4.78 is 5.26. The zero-order chi connectivity index (χ0) is 12.3. The van der Waals surface area contributed by atoms with Gasteiger partial charge in [-0.3, -0.25) is 4.79 Å². The number of phenolic OH excluding ortho intramolecular Hbond substituents is 2. The van der Waals surface area contributed by atoms with Gasteiger partial charge in [-0.25, -0.2) is 0 Å². The Balaban J connectivity index is 3.29. The summed E-state index contributed by atoms with van der Waals surface area (Å²) in [6, 6.07) is 2.94. The van der Waals surface area contributed by atoms with Crippen LogP contribution in [0.25, 0.3) is 0 Å². The van der Waals surface area contributed by atoms with Gasteiger partial charge in [0.25, 0.3) is 0 Å². The topological polar surface area (TPSA) is 66.8 Å². The van der Waals surface area contributed by atoms with Gasteiger partial charge in [0, 0.05) is 12.7 Å². The van der Waals surface area contributed by atoms with E-state index in [0.29, 0.717) is 11.8 Å². The van der Waals surface area contributed by atoms with Gasteiger partial charge in [-0.2, -0.15) is 0 Å². The molecule has 1 aromatic rings. The Morgan fingerprint density at radius 2 is 1.94 bits per heavy atom. The number of carbonyl (C=O) groups excluding carboxylic acids is 1.